The largest absolute Gasteiger partial charge is 0.357 e. The molecule has 0 unspecified atom stereocenters. The SMILES string of the molecule is C=C(C)C(C)=Cc1c(C)[nH]c(-c2ccc(F)cc2)c1C(=O)NC. The highest BCUT2D eigenvalue weighted by Crippen LogP contribution is 2.30. The monoisotopic (exact) mass is 312 g/mol. The number of carbonyl (C=O) groups excluding carboxylic acids is 1. The predicted molar refractivity (Wildman–Crippen MR) is 92.8 cm³/mol. The lowest BCUT2D eigenvalue weighted by Gasteiger charge is -2.06. The molecule has 0 bridgehead atoms. The van der Waals surface area contributed by atoms with Crippen LogP contribution in [0.4, 0.5) is 4.39 Å². The van der Waals surface area contributed by atoms with Crippen molar-refractivity contribution in [3.63, 3.8) is 0 Å². The molecule has 2 rings (SSSR count). The van der Waals surface area contributed by atoms with Gasteiger partial charge in [-0.05, 0) is 62.2 Å². The number of amides is 1. The minimum atomic E-state index is -0.309. The molecule has 0 aliphatic heterocycles. The fraction of sp³-hybridized carbons (Fsp3) is 0.211. The molecular formula is C19H21FN2O. The zero-order valence-electron chi connectivity index (χ0n) is 13.9. The van der Waals surface area contributed by atoms with Crippen molar-refractivity contribution < 1.29 is 9.18 Å². The molecule has 120 valence electrons. The quantitative estimate of drug-likeness (QED) is 0.804. The summed E-state index contributed by atoms with van der Waals surface area (Å²) in [6.45, 7) is 9.73. The van der Waals surface area contributed by atoms with Crippen molar-refractivity contribution in [2.24, 2.45) is 0 Å². The van der Waals surface area contributed by atoms with Gasteiger partial charge in [0.05, 0.1) is 11.3 Å². The Morgan fingerprint density at radius 3 is 2.39 bits per heavy atom. The number of allylic oxidation sites excluding steroid dienone is 2. The van der Waals surface area contributed by atoms with Crippen LogP contribution < -0.4 is 5.32 Å². The highest BCUT2D eigenvalue weighted by atomic mass is 19.1. The fourth-order valence-corrected chi connectivity index (χ4v) is 2.35. The molecule has 0 aliphatic carbocycles. The predicted octanol–water partition coefficient (Wildman–Crippen LogP) is 4.47. The topological polar surface area (TPSA) is 44.9 Å². The minimum Gasteiger partial charge on any atom is -0.357 e. The number of halogens is 1. The maximum absolute atomic E-state index is 13.2. The molecule has 1 amide bonds. The molecule has 0 saturated heterocycles. The Balaban J connectivity index is 2.69. The summed E-state index contributed by atoms with van der Waals surface area (Å²) < 4.78 is 13.2. The summed E-state index contributed by atoms with van der Waals surface area (Å²) in [5, 5.41) is 2.67. The molecule has 0 atom stereocenters. The molecule has 0 saturated carbocycles. The van der Waals surface area contributed by atoms with Gasteiger partial charge in [0.1, 0.15) is 5.82 Å². The molecule has 0 aliphatic rings. The number of carbonyl (C=O) groups is 1. The molecule has 2 N–H and O–H groups in total. The number of nitrogens with one attached hydrogen (secondary N) is 2. The smallest absolute Gasteiger partial charge is 0.253 e. The molecule has 0 spiro atoms. The molecule has 1 aromatic carbocycles. The molecule has 1 aromatic heterocycles. The number of aromatic amines is 1. The normalized spacial score (nSPS) is 11.4. The van der Waals surface area contributed by atoms with E-state index in [4.69, 9.17) is 0 Å². The van der Waals surface area contributed by atoms with Crippen molar-refractivity contribution in [2.45, 2.75) is 20.8 Å². The number of rotatable bonds is 4. The number of hydrogen-bond donors (Lipinski definition) is 2. The van der Waals surface area contributed by atoms with Crippen LogP contribution in [0.2, 0.25) is 0 Å². The third kappa shape index (κ3) is 3.42. The Labute approximate surface area is 135 Å². The first-order chi connectivity index (χ1) is 10.8. The van der Waals surface area contributed by atoms with E-state index in [9.17, 15) is 9.18 Å². The van der Waals surface area contributed by atoms with Gasteiger partial charge in [-0.15, -0.1) is 0 Å². The second-order valence-corrected chi connectivity index (χ2v) is 5.61. The van der Waals surface area contributed by atoms with Gasteiger partial charge in [-0.2, -0.15) is 0 Å². The van der Waals surface area contributed by atoms with Gasteiger partial charge < -0.3 is 10.3 Å². The van der Waals surface area contributed by atoms with Gasteiger partial charge in [0.2, 0.25) is 0 Å². The van der Waals surface area contributed by atoms with E-state index in [1.165, 1.54) is 12.1 Å². The summed E-state index contributed by atoms with van der Waals surface area (Å²) >= 11 is 0. The van der Waals surface area contributed by atoms with Gasteiger partial charge in [-0.1, -0.05) is 12.2 Å². The summed E-state index contributed by atoms with van der Waals surface area (Å²) in [6.07, 6.45) is 1.95. The number of hydrogen-bond acceptors (Lipinski definition) is 1. The summed E-state index contributed by atoms with van der Waals surface area (Å²) in [6, 6.07) is 6.08. The van der Waals surface area contributed by atoms with Crippen molar-refractivity contribution in [3.8, 4) is 11.3 Å². The number of aryl methyl sites for hydroxylation is 1. The van der Waals surface area contributed by atoms with Crippen molar-refractivity contribution in [1.29, 1.82) is 0 Å². The maximum atomic E-state index is 13.2. The Morgan fingerprint density at radius 1 is 1.26 bits per heavy atom. The van der Waals surface area contributed by atoms with Crippen molar-refractivity contribution in [3.05, 3.63) is 64.6 Å². The lowest BCUT2D eigenvalue weighted by Crippen LogP contribution is -2.19. The van der Waals surface area contributed by atoms with Crippen LogP contribution in [0.5, 0.6) is 0 Å². The molecule has 1 heterocycles. The summed E-state index contributed by atoms with van der Waals surface area (Å²) in [5.74, 6) is -0.494. The average molecular weight is 312 g/mol. The molecule has 3 nitrogen and oxygen atoms in total. The molecule has 0 radical (unpaired) electrons. The van der Waals surface area contributed by atoms with E-state index in [0.717, 1.165) is 28.0 Å². The van der Waals surface area contributed by atoms with Crippen molar-refractivity contribution in [2.75, 3.05) is 7.05 Å². The Bertz CT molecular complexity index is 782. The molecular weight excluding hydrogens is 291 g/mol. The highest BCUT2D eigenvalue weighted by Gasteiger charge is 2.20. The van der Waals surface area contributed by atoms with E-state index >= 15 is 0 Å². The van der Waals surface area contributed by atoms with Gasteiger partial charge in [-0.3, -0.25) is 4.79 Å². The number of H-pyrrole nitrogens is 1. The van der Waals surface area contributed by atoms with E-state index in [2.05, 4.69) is 16.9 Å². The average Bonchev–Trinajstić information content (AvgIpc) is 2.84. The molecule has 23 heavy (non-hydrogen) atoms. The highest BCUT2D eigenvalue weighted by molar-refractivity contribution is 6.04. The molecule has 0 fully saturated rings. The zero-order valence-corrected chi connectivity index (χ0v) is 13.9. The maximum Gasteiger partial charge on any atom is 0.253 e. The van der Waals surface area contributed by atoms with Gasteiger partial charge in [0, 0.05) is 18.3 Å². The Morgan fingerprint density at radius 2 is 1.87 bits per heavy atom. The standard InChI is InChI=1S/C19H21FN2O/c1-11(2)12(3)10-16-13(4)22-18(17(16)19(23)21-5)14-6-8-15(20)9-7-14/h6-10,22H,1H2,2-5H3,(H,21,23). The summed E-state index contributed by atoms with van der Waals surface area (Å²) in [4.78, 5) is 15.7. The van der Waals surface area contributed by atoms with Crippen LogP contribution >= 0.6 is 0 Å². The summed E-state index contributed by atoms with van der Waals surface area (Å²) in [7, 11) is 1.60. The number of benzene rings is 1. The first kappa shape index (κ1) is 16.7. The van der Waals surface area contributed by atoms with E-state index in [-0.39, 0.29) is 11.7 Å². The van der Waals surface area contributed by atoms with E-state index in [1.54, 1.807) is 19.2 Å². The third-order valence-electron chi connectivity index (χ3n) is 3.86. The second-order valence-electron chi connectivity index (χ2n) is 5.61. The van der Waals surface area contributed by atoms with Crippen LogP contribution in [0, 0.1) is 12.7 Å². The van der Waals surface area contributed by atoms with Crippen LogP contribution in [0.25, 0.3) is 17.3 Å². The number of aromatic nitrogens is 1. The van der Waals surface area contributed by atoms with Crippen LogP contribution in [-0.4, -0.2) is 17.9 Å². The lowest BCUT2D eigenvalue weighted by atomic mass is 10.00. The van der Waals surface area contributed by atoms with E-state index in [0.29, 0.717) is 11.3 Å². The molecule has 2 aromatic rings. The first-order valence-electron chi connectivity index (χ1n) is 7.40. The van der Waals surface area contributed by atoms with Gasteiger partial charge in [-0.25, -0.2) is 4.39 Å². The van der Waals surface area contributed by atoms with Crippen molar-refractivity contribution in [1.82, 2.24) is 10.3 Å². The molecule has 4 heteroatoms. The van der Waals surface area contributed by atoms with Crippen LogP contribution in [0.1, 0.15) is 35.5 Å². The third-order valence-corrected chi connectivity index (χ3v) is 3.86. The van der Waals surface area contributed by atoms with Crippen LogP contribution in [-0.2, 0) is 0 Å². The van der Waals surface area contributed by atoms with E-state index in [1.807, 2.05) is 26.8 Å². The van der Waals surface area contributed by atoms with E-state index < -0.39 is 0 Å². The summed E-state index contributed by atoms with van der Waals surface area (Å²) in [5.41, 5.74) is 5.65. The zero-order chi connectivity index (χ0) is 17.1. The Hall–Kier alpha value is -2.62. The minimum absolute atomic E-state index is 0.186. The fourth-order valence-electron chi connectivity index (χ4n) is 2.35. The van der Waals surface area contributed by atoms with Crippen molar-refractivity contribution >= 4 is 12.0 Å². The second kappa shape index (κ2) is 6.65. The van der Waals surface area contributed by atoms with Gasteiger partial charge in [0.15, 0.2) is 0 Å². The lowest BCUT2D eigenvalue weighted by molar-refractivity contribution is 0.0963. The van der Waals surface area contributed by atoms with Gasteiger partial charge in [0.25, 0.3) is 5.91 Å². The Kier molecular flexibility index (Phi) is 4.84. The van der Waals surface area contributed by atoms with Crippen LogP contribution in [0.15, 0.2) is 42.0 Å². The van der Waals surface area contributed by atoms with Gasteiger partial charge >= 0.3 is 0 Å². The van der Waals surface area contributed by atoms with Crippen LogP contribution in [0.3, 0.4) is 0 Å². The first-order valence-corrected chi connectivity index (χ1v) is 7.40.